The van der Waals surface area contributed by atoms with Gasteiger partial charge in [-0.3, -0.25) is 14.6 Å². The second-order valence-electron chi connectivity index (χ2n) is 12.2. The third-order valence-electron chi connectivity index (χ3n) is 9.32. The first-order valence-corrected chi connectivity index (χ1v) is 14.2. The van der Waals surface area contributed by atoms with E-state index >= 15 is 0 Å². The average Bonchev–Trinajstić information content (AvgIpc) is 3.14. The van der Waals surface area contributed by atoms with Crippen LogP contribution in [0, 0.1) is 17.3 Å². The molecule has 0 N–H and O–H groups in total. The lowest BCUT2D eigenvalue weighted by atomic mass is 9.48. The molecule has 10 heteroatoms. The average molecular weight is 580 g/mol. The Labute approximate surface area is 245 Å². The maximum absolute atomic E-state index is 13.6. The normalized spacial score (nSPS) is 34.4. The molecule has 1 saturated heterocycles. The number of carbonyl (C=O) groups is 4. The van der Waals surface area contributed by atoms with E-state index in [9.17, 15) is 19.2 Å². The Bertz CT molecular complexity index is 1360. The second-order valence-corrected chi connectivity index (χ2v) is 12.2. The maximum atomic E-state index is 13.6. The zero-order valence-corrected chi connectivity index (χ0v) is 24.7. The van der Waals surface area contributed by atoms with Crippen LogP contribution in [0.25, 0.3) is 0 Å². The van der Waals surface area contributed by atoms with E-state index in [0.29, 0.717) is 18.4 Å². The van der Waals surface area contributed by atoms with Crippen LogP contribution in [0.4, 0.5) is 0 Å². The van der Waals surface area contributed by atoms with E-state index in [2.05, 4.69) is 4.98 Å². The van der Waals surface area contributed by atoms with Crippen LogP contribution >= 0.6 is 0 Å². The largest absolute Gasteiger partial charge is 0.459 e. The highest BCUT2D eigenvalue weighted by Gasteiger charge is 2.82. The van der Waals surface area contributed by atoms with Gasteiger partial charge in [0, 0.05) is 26.2 Å². The molecule has 2 aliphatic carbocycles. The Hall–Kier alpha value is -3.79. The number of aromatic nitrogens is 1. The van der Waals surface area contributed by atoms with Gasteiger partial charge in [-0.25, -0.2) is 9.59 Å². The highest BCUT2D eigenvalue weighted by Crippen LogP contribution is 2.68. The second kappa shape index (κ2) is 10.8. The molecule has 3 fully saturated rings. The van der Waals surface area contributed by atoms with Gasteiger partial charge in [-0.2, -0.15) is 0 Å². The molecule has 2 saturated carbocycles. The van der Waals surface area contributed by atoms with Crippen LogP contribution in [0.2, 0.25) is 0 Å². The van der Waals surface area contributed by atoms with Crippen LogP contribution < -0.4 is 0 Å². The van der Waals surface area contributed by atoms with E-state index in [1.165, 1.54) is 20.0 Å². The first kappa shape index (κ1) is 29.7. The molecule has 2 heterocycles. The van der Waals surface area contributed by atoms with Crippen LogP contribution in [0.1, 0.15) is 75.1 Å². The van der Waals surface area contributed by atoms with Crippen LogP contribution in [0.15, 0.2) is 54.9 Å². The molecule has 8 atom stereocenters. The molecule has 3 aliphatic rings. The molecule has 224 valence electrons. The molecule has 0 amide bonds. The van der Waals surface area contributed by atoms with Gasteiger partial charge < -0.3 is 23.7 Å². The van der Waals surface area contributed by atoms with Gasteiger partial charge in [0.1, 0.15) is 23.9 Å². The lowest BCUT2D eigenvalue weighted by molar-refractivity contribution is -0.296. The number of benzene rings is 1. The molecule has 1 aliphatic heterocycles. The van der Waals surface area contributed by atoms with Crippen LogP contribution in [0.3, 0.4) is 0 Å². The van der Waals surface area contributed by atoms with Gasteiger partial charge in [0.2, 0.25) is 0 Å². The van der Waals surface area contributed by atoms with Crippen molar-refractivity contribution >= 4 is 23.9 Å². The standard InChI is InChI=1S/C32H37NO9/c1-18-14-15-23(40-29(37)22-13-10-16-33-17-22)31(6)27(41-28(36)21-11-8-7-9-12-21)25(38-19(2)34)24-26(39-20(3)35)32(18,31)42-30(24,4)5/h7-13,16-18,23-27H,14-15H2,1-6H3. The molecule has 0 radical (unpaired) electrons. The van der Waals surface area contributed by atoms with Crippen molar-refractivity contribution in [1.29, 1.82) is 0 Å². The number of nitrogens with zero attached hydrogens (tertiary/aromatic N) is 1. The predicted molar refractivity (Wildman–Crippen MR) is 148 cm³/mol. The first-order valence-electron chi connectivity index (χ1n) is 14.2. The molecular weight excluding hydrogens is 542 g/mol. The number of pyridine rings is 1. The highest BCUT2D eigenvalue weighted by molar-refractivity contribution is 5.90. The molecule has 10 nitrogen and oxygen atoms in total. The summed E-state index contributed by atoms with van der Waals surface area (Å²) in [7, 11) is 0. The van der Waals surface area contributed by atoms with Gasteiger partial charge in [0.05, 0.1) is 28.1 Å². The van der Waals surface area contributed by atoms with E-state index in [1.807, 2.05) is 27.7 Å². The number of ether oxygens (including phenoxy) is 5. The van der Waals surface area contributed by atoms with Gasteiger partial charge >= 0.3 is 23.9 Å². The van der Waals surface area contributed by atoms with Crippen molar-refractivity contribution in [3.8, 4) is 0 Å². The summed E-state index contributed by atoms with van der Waals surface area (Å²) < 4.78 is 31.5. The Morgan fingerprint density at radius 1 is 0.810 bits per heavy atom. The van der Waals surface area contributed by atoms with Gasteiger partial charge in [-0.05, 0) is 63.8 Å². The van der Waals surface area contributed by atoms with Crippen LogP contribution in [-0.4, -0.2) is 64.5 Å². The first-order chi connectivity index (χ1) is 19.8. The van der Waals surface area contributed by atoms with Crippen LogP contribution in [-0.2, 0) is 33.3 Å². The molecule has 2 aromatic rings. The predicted octanol–water partition coefficient (Wildman–Crippen LogP) is 4.31. The zero-order valence-electron chi connectivity index (χ0n) is 24.7. The minimum absolute atomic E-state index is 0.222. The molecule has 5 rings (SSSR count). The summed E-state index contributed by atoms with van der Waals surface area (Å²) in [5.41, 5.74) is -3.01. The van der Waals surface area contributed by atoms with E-state index in [-0.39, 0.29) is 11.5 Å². The molecule has 1 aromatic carbocycles. The Balaban J connectivity index is 1.70. The third kappa shape index (κ3) is 4.65. The zero-order chi connectivity index (χ0) is 30.4. The Morgan fingerprint density at radius 3 is 2.07 bits per heavy atom. The molecule has 8 unspecified atom stereocenters. The van der Waals surface area contributed by atoms with Crippen molar-refractivity contribution in [2.75, 3.05) is 0 Å². The van der Waals surface area contributed by atoms with Crippen LogP contribution in [0.5, 0.6) is 0 Å². The van der Waals surface area contributed by atoms with Gasteiger partial charge in [0.25, 0.3) is 0 Å². The van der Waals surface area contributed by atoms with Crippen molar-refractivity contribution < 1.29 is 42.9 Å². The summed E-state index contributed by atoms with van der Waals surface area (Å²) in [6, 6.07) is 11.7. The monoisotopic (exact) mass is 579 g/mol. The molecule has 1 spiro atoms. The molecule has 42 heavy (non-hydrogen) atoms. The number of hydrogen-bond acceptors (Lipinski definition) is 10. The van der Waals surface area contributed by atoms with E-state index in [4.69, 9.17) is 23.7 Å². The third-order valence-corrected chi connectivity index (χ3v) is 9.32. The number of carbonyl (C=O) groups excluding carboxylic acids is 4. The fraction of sp³-hybridized carbons (Fsp3) is 0.531. The number of fused-ring (bicyclic) bond motifs is 1. The lowest BCUT2D eigenvalue weighted by Crippen LogP contribution is -2.76. The van der Waals surface area contributed by atoms with Crippen molar-refractivity contribution in [1.82, 2.24) is 4.98 Å². The minimum atomic E-state index is -1.32. The van der Waals surface area contributed by atoms with Crippen molar-refractivity contribution in [3.63, 3.8) is 0 Å². The maximum Gasteiger partial charge on any atom is 0.339 e. The summed E-state index contributed by atoms with van der Waals surface area (Å²) in [5.74, 6) is -3.29. The Kier molecular flexibility index (Phi) is 7.64. The van der Waals surface area contributed by atoms with E-state index in [1.54, 1.807) is 48.7 Å². The fourth-order valence-electron chi connectivity index (χ4n) is 7.67. The van der Waals surface area contributed by atoms with E-state index in [0.717, 1.165) is 0 Å². The summed E-state index contributed by atoms with van der Waals surface area (Å²) in [6.45, 7) is 10.1. The summed E-state index contributed by atoms with van der Waals surface area (Å²) in [4.78, 5) is 56.3. The summed E-state index contributed by atoms with van der Waals surface area (Å²) in [6.07, 6.45) is -0.0346. The highest BCUT2D eigenvalue weighted by atomic mass is 16.6. The van der Waals surface area contributed by atoms with Gasteiger partial charge in [-0.15, -0.1) is 0 Å². The quantitative estimate of drug-likeness (QED) is 0.361. The SMILES string of the molecule is CC(=O)OC1C2C(OC(C)=O)C3(OC2(C)C)C(C)CCC(OC(=O)c2cccnc2)C3(C)C1OC(=O)c1ccccc1. The van der Waals surface area contributed by atoms with Gasteiger partial charge in [-0.1, -0.05) is 25.1 Å². The van der Waals surface area contributed by atoms with Crippen molar-refractivity contribution in [2.24, 2.45) is 17.3 Å². The lowest BCUT2D eigenvalue weighted by Gasteiger charge is -2.62. The smallest absolute Gasteiger partial charge is 0.339 e. The summed E-state index contributed by atoms with van der Waals surface area (Å²) >= 11 is 0. The Morgan fingerprint density at radius 2 is 1.45 bits per heavy atom. The topological polar surface area (TPSA) is 127 Å². The number of rotatable bonds is 6. The van der Waals surface area contributed by atoms with Crippen molar-refractivity contribution in [3.05, 3.63) is 66.0 Å². The fourth-order valence-corrected chi connectivity index (χ4v) is 7.67. The number of hydrogen-bond donors (Lipinski definition) is 0. The number of esters is 4. The van der Waals surface area contributed by atoms with E-state index < -0.39 is 70.8 Å². The molecular formula is C32H37NO9. The summed E-state index contributed by atoms with van der Waals surface area (Å²) in [5, 5.41) is 0. The minimum Gasteiger partial charge on any atom is -0.459 e. The molecule has 1 aromatic heterocycles. The van der Waals surface area contributed by atoms with Crippen molar-refractivity contribution in [2.45, 2.75) is 90.0 Å². The van der Waals surface area contributed by atoms with Gasteiger partial charge in [0.15, 0.2) is 6.10 Å². The molecule has 2 bridgehead atoms.